The maximum absolute atomic E-state index is 13.5. The molecule has 3 aromatic rings. The molecule has 28 heavy (non-hydrogen) atoms. The summed E-state index contributed by atoms with van der Waals surface area (Å²) < 4.78 is 15.5. The van der Waals surface area contributed by atoms with Crippen molar-refractivity contribution in [1.29, 1.82) is 0 Å². The quantitative estimate of drug-likeness (QED) is 0.759. The van der Waals surface area contributed by atoms with Crippen molar-refractivity contribution >= 4 is 0 Å². The van der Waals surface area contributed by atoms with Gasteiger partial charge in [0.05, 0.1) is 18.5 Å². The molecule has 0 unspecified atom stereocenters. The predicted molar refractivity (Wildman–Crippen MR) is 105 cm³/mol. The van der Waals surface area contributed by atoms with Gasteiger partial charge in [-0.1, -0.05) is 36.4 Å². The first-order valence-electron chi connectivity index (χ1n) is 9.89. The number of aliphatic hydroxyl groups excluding tert-OH is 1. The van der Waals surface area contributed by atoms with Gasteiger partial charge in [-0.3, -0.25) is 4.90 Å². The highest BCUT2D eigenvalue weighted by molar-refractivity contribution is 5.46. The number of hydrogen-bond donors (Lipinski definition) is 1. The summed E-state index contributed by atoms with van der Waals surface area (Å²) in [5, 5.41) is 11.5. The lowest BCUT2D eigenvalue weighted by Gasteiger charge is -2.43. The molecule has 1 aromatic heterocycles. The van der Waals surface area contributed by atoms with Crippen LogP contribution in [0, 0.1) is 5.82 Å². The Bertz CT molecular complexity index is 963. The molecule has 0 saturated carbocycles. The fraction of sp³-hybridized carbons (Fsp3) is 0.348. The van der Waals surface area contributed by atoms with Crippen LogP contribution >= 0.6 is 0 Å². The number of hydrogen-bond acceptors (Lipinski definition) is 3. The van der Waals surface area contributed by atoms with Gasteiger partial charge in [0.25, 0.3) is 0 Å². The summed E-state index contributed by atoms with van der Waals surface area (Å²) in [4.78, 5) is 6.55. The van der Waals surface area contributed by atoms with Crippen molar-refractivity contribution < 1.29 is 9.50 Å². The average Bonchev–Trinajstić information content (AvgIpc) is 3.30. The molecule has 2 aromatic carbocycles. The summed E-state index contributed by atoms with van der Waals surface area (Å²) >= 11 is 0. The number of imidazole rings is 1. The number of benzene rings is 2. The Hall–Kier alpha value is -2.50. The van der Waals surface area contributed by atoms with Crippen molar-refractivity contribution in [2.45, 2.75) is 36.9 Å². The van der Waals surface area contributed by atoms with Crippen LogP contribution in [0.4, 0.5) is 4.39 Å². The Morgan fingerprint density at radius 1 is 1.11 bits per heavy atom. The van der Waals surface area contributed by atoms with E-state index < -0.39 is 6.10 Å². The number of aromatic nitrogens is 2. The van der Waals surface area contributed by atoms with E-state index in [1.54, 1.807) is 24.7 Å². The summed E-state index contributed by atoms with van der Waals surface area (Å²) in [6.07, 6.45) is 6.81. The SMILES string of the molecule is O[C@H]1[C@H](n2ccnc2)c2ccccc2C12CCN(Cc1cccc(F)c1)CC2. The van der Waals surface area contributed by atoms with Gasteiger partial charge in [-0.25, -0.2) is 9.37 Å². The second kappa shape index (κ2) is 6.83. The summed E-state index contributed by atoms with van der Waals surface area (Å²) in [5.41, 5.74) is 3.24. The number of piperidine rings is 1. The monoisotopic (exact) mass is 377 g/mol. The van der Waals surface area contributed by atoms with E-state index in [4.69, 9.17) is 0 Å². The summed E-state index contributed by atoms with van der Waals surface area (Å²) in [7, 11) is 0. The number of nitrogens with zero attached hydrogens (tertiary/aromatic N) is 3. The second-order valence-electron chi connectivity index (χ2n) is 8.05. The minimum Gasteiger partial charge on any atom is -0.390 e. The van der Waals surface area contributed by atoms with Crippen LogP contribution in [0.5, 0.6) is 0 Å². The smallest absolute Gasteiger partial charge is 0.123 e. The van der Waals surface area contributed by atoms with Crippen LogP contribution in [-0.4, -0.2) is 38.8 Å². The van der Waals surface area contributed by atoms with Gasteiger partial charge in [-0.15, -0.1) is 0 Å². The molecule has 5 rings (SSSR count). The molecule has 2 heterocycles. The zero-order chi connectivity index (χ0) is 19.1. The Morgan fingerprint density at radius 2 is 1.93 bits per heavy atom. The van der Waals surface area contributed by atoms with Gasteiger partial charge in [0.2, 0.25) is 0 Å². The van der Waals surface area contributed by atoms with Crippen molar-refractivity contribution in [3.8, 4) is 0 Å². The van der Waals surface area contributed by atoms with Crippen LogP contribution in [0.3, 0.4) is 0 Å². The molecule has 1 aliphatic carbocycles. The van der Waals surface area contributed by atoms with Crippen LogP contribution in [0.2, 0.25) is 0 Å². The van der Waals surface area contributed by atoms with Crippen molar-refractivity contribution in [3.05, 3.63) is 89.8 Å². The van der Waals surface area contributed by atoms with Crippen molar-refractivity contribution in [2.24, 2.45) is 0 Å². The van der Waals surface area contributed by atoms with E-state index in [1.807, 2.05) is 22.9 Å². The second-order valence-corrected chi connectivity index (χ2v) is 8.05. The molecule has 0 amide bonds. The standard InChI is InChI=1S/C23H24FN3O/c24-18-5-3-4-17(14-18)15-26-11-8-23(9-12-26)20-7-2-1-6-19(20)21(22(23)28)27-13-10-25-16-27/h1-7,10,13-14,16,21-22,28H,8-9,11-12,15H2/t21-,22+/m1/s1. The number of likely N-dealkylation sites (tertiary alicyclic amines) is 1. The van der Waals surface area contributed by atoms with Gasteiger partial charge in [0.15, 0.2) is 0 Å². The molecule has 0 radical (unpaired) electrons. The molecular formula is C23H24FN3O. The topological polar surface area (TPSA) is 41.3 Å². The number of rotatable bonds is 3. The van der Waals surface area contributed by atoms with E-state index in [0.29, 0.717) is 0 Å². The fourth-order valence-corrected chi connectivity index (χ4v) is 5.17. The lowest BCUT2D eigenvalue weighted by molar-refractivity contribution is 0.0205. The first-order chi connectivity index (χ1) is 13.7. The van der Waals surface area contributed by atoms with Gasteiger partial charge in [-0.05, 0) is 54.8 Å². The zero-order valence-corrected chi connectivity index (χ0v) is 15.7. The molecule has 1 N–H and O–H groups in total. The zero-order valence-electron chi connectivity index (χ0n) is 15.7. The van der Waals surface area contributed by atoms with Crippen molar-refractivity contribution in [2.75, 3.05) is 13.1 Å². The number of fused-ring (bicyclic) bond motifs is 2. The molecule has 0 bridgehead atoms. The molecule has 1 saturated heterocycles. The summed E-state index contributed by atoms with van der Waals surface area (Å²) in [6.45, 7) is 2.52. The normalized spacial score (nSPS) is 23.8. The van der Waals surface area contributed by atoms with E-state index in [9.17, 15) is 9.50 Å². The van der Waals surface area contributed by atoms with Crippen molar-refractivity contribution in [1.82, 2.24) is 14.5 Å². The average molecular weight is 377 g/mol. The van der Waals surface area contributed by atoms with Gasteiger partial charge >= 0.3 is 0 Å². The first-order valence-corrected chi connectivity index (χ1v) is 9.89. The Labute approximate surface area is 164 Å². The van der Waals surface area contributed by atoms with Crippen LogP contribution in [0.15, 0.2) is 67.3 Å². The lowest BCUT2D eigenvalue weighted by Crippen LogP contribution is -2.48. The highest BCUT2D eigenvalue weighted by Gasteiger charge is 2.52. The first kappa shape index (κ1) is 17.6. The van der Waals surface area contributed by atoms with Crippen molar-refractivity contribution in [3.63, 3.8) is 0 Å². The van der Waals surface area contributed by atoms with Gasteiger partial charge in [0.1, 0.15) is 5.82 Å². The third-order valence-electron chi connectivity index (χ3n) is 6.57. The molecular weight excluding hydrogens is 353 g/mol. The van der Waals surface area contributed by atoms with E-state index in [-0.39, 0.29) is 17.3 Å². The molecule has 2 aliphatic rings. The third-order valence-corrected chi connectivity index (χ3v) is 6.57. The number of halogens is 1. The molecule has 2 atom stereocenters. The Morgan fingerprint density at radius 3 is 2.68 bits per heavy atom. The van der Waals surface area contributed by atoms with Gasteiger partial charge in [0, 0.05) is 24.4 Å². The van der Waals surface area contributed by atoms with E-state index in [0.717, 1.165) is 38.0 Å². The van der Waals surface area contributed by atoms with Crippen LogP contribution in [-0.2, 0) is 12.0 Å². The minimum absolute atomic E-state index is 0.0894. The van der Waals surface area contributed by atoms with Crippen LogP contribution in [0.1, 0.15) is 35.6 Å². The molecule has 4 nitrogen and oxygen atoms in total. The molecule has 1 aliphatic heterocycles. The molecule has 1 fully saturated rings. The lowest BCUT2D eigenvalue weighted by atomic mass is 9.72. The van der Waals surface area contributed by atoms with E-state index in [1.165, 1.54) is 17.2 Å². The molecule has 1 spiro atoms. The highest BCUT2D eigenvalue weighted by Crippen LogP contribution is 2.52. The predicted octanol–water partition coefficient (Wildman–Crippen LogP) is 3.52. The maximum Gasteiger partial charge on any atom is 0.123 e. The summed E-state index contributed by atoms with van der Waals surface area (Å²) in [5.74, 6) is -0.186. The molecule has 5 heteroatoms. The van der Waals surface area contributed by atoms with E-state index >= 15 is 0 Å². The largest absolute Gasteiger partial charge is 0.390 e. The molecule has 144 valence electrons. The minimum atomic E-state index is -0.476. The maximum atomic E-state index is 13.5. The van der Waals surface area contributed by atoms with Crippen LogP contribution < -0.4 is 0 Å². The fourth-order valence-electron chi connectivity index (χ4n) is 5.17. The highest BCUT2D eigenvalue weighted by atomic mass is 19.1. The van der Waals surface area contributed by atoms with Gasteiger partial charge in [-0.2, -0.15) is 0 Å². The Kier molecular flexibility index (Phi) is 4.29. The van der Waals surface area contributed by atoms with Gasteiger partial charge < -0.3 is 9.67 Å². The number of aliphatic hydroxyl groups is 1. The van der Waals surface area contributed by atoms with Crippen LogP contribution in [0.25, 0.3) is 0 Å². The third kappa shape index (κ3) is 2.77. The Balaban J connectivity index is 1.40. The van der Waals surface area contributed by atoms with E-state index in [2.05, 4.69) is 28.1 Å². The summed E-state index contributed by atoms with van der Waals surface area (Å²) in [6, 6.07) is 15.2.